The number of carbonyl (C=O) groups excluding carboxylic acids is 1. The lowest BCUT2D eigenvalue weighted by Gasteiger charge is -2.45. The molecule has 1 fully saturated rings. The Kier molecular flexibility index (Phi) is 6.35. The van der Waals surface area contributed by atoms with Gasteiger partial charge < -0.3 is 10.1 Å². The van der Waals surface area contributed by atoms with E-state index in [0.29, 0.717) is 0 Å². The maximum absolute atomic E-state index is 11.9. The van der Waals surface area contributed by atoms with Crippen LogP contribution in [0.2, 0.25) is 0 Å². The zero-order chi connectivity index (χ0) is 19.5. The molecule has 1 heterocycles. The molecule has 0 aliphatic carbocycles. The second-order valence-electron chi connectivity index (χ2n) is 9.05. The van der Waals surface area contributed by atoms with Gasteiger partial charge in [0.1, 0.15) is 5.60 Å². The number of hydrogen-bond acceptors (Lipinski definition) is 4. The summed E-state index contributed by atoms with van der Waals surface area (Å²) in [7, 11) is 2.20. The highest BCUT2D eigenvalue weighted by Gasteiger charge is 2.30. The quantitative estimate of drug-likeness (QED) is 0.886. The maximum atomic E-state index is 11.9. The van der Waals surface area contributed by atoms with Gasteiger partial charge in [-0.25, -0.2) is 4.79 Å². The van der Waals surface area contributed by atoms with Gasteiger partial charge in [-0.2, -0.15) is 0 Å². The molecule has 26 heavy (non-hydrogen) atoms. The van der Waals surface area contributed by atoms with Crippen LogP contribution in [0.15, 0.2) is 24.3 Å². The Hall–Kier alpha value is -1.59. The van der Waals surface area contributed by atoms with Gasteiger partial charge in [0.2, 0.25) is 0 Å². The van der Waals surface area contributed by atoms with Crippen molar-refractivity contribution in [1.29, 1.82) is 0 Å². The standard InChI is InChI=1S/C21H35N3O2/c1-16(22-19(25)26-20(2,3)4)18-10-8-17(9-11-18)14-24-13-12-23(7)21(5,6)15-24/h8-11,16H,12-15H2,1-7H3,(H,22,25)/t16-/m0/s1. The molecule has 0 radical (unpaired) electrons. The van der Waals surface area contributed by atoms with E-state index >= 15 is 0 Å². The van der Waals surface area contributed by atoms with Crippen LogP contribution in [-0.4, -0.2) is 53.7 Å². The molecular formula is C21H35N3O2. The topological polar surface area (TPSA) is 44.8 Å². The summed E-state index contributed by atoms with van der Waals surface area (Å²) >= 11 is 0. The van der Waals surface area contributed by atoms with Gasteiger partial charge in [-0.3, -0.25) is 9.80 Å². The first-order chi connectivity index (χ1) is 12.0. The van der Waals surface area contributed by atoms with E-state index in [4.69, 9.17) is 4.74 Å². The summed E-state index contributed by atoms with van der Waals surface area (Å²) in [5, 5.41) is 2.89. The molecule has 0 spiro atoms. The summed E-state index contributed by atoms with van der Waals surface area (Å²) < 4.78 is 5.32. The molecule has 0 saturated carbocycles. The molecule has 1 aromatic rings. The Morgan fingerprint density at radius 1 is 1.23 bits per heavy atom. The smallest absolute Gasteiger partial charge is 0.408 e. The first-order valence-corrected chi connectivity index (χ1v) is 9.48. The Bertz CT molecular complexity index is 605. The predicted octanol–water partition coefficient (Wildman–Crippen LogP) is 3.80. The molecule has 1 aliphatic heterocycles. The fourth-order valence-corrected chi connectivity index (χ4v) is 3.21. The van der Waals surface area contributed by atoms with Crippen molar-refractivity contribution >= 4 is 6.09 Å². The highest BCUT2D eigenvalue weighted by atomic mass is 16.6. The van der Waals surface area contributed by atoms with E-state index in [0.717, 1.165) is 31.7 Å². The normalized spacial score (nSPS) is 19.8. The molecule has 1 aliphatic rings. The summed E-state index contributed by atoms with van der Waals surface area (Å²) in [5.74, 6) is 0. The van der Waals surface area contributed by atoms with E-state index < -0.39 is 5.60 Å². The third-order valence-corrected chi connectivity index (χ3v) is 5.01. The van der Waals surface area contributed by atoms with E-state index in [1.165, 1.54) is 5.56 Å². The van der Waals surface area contributed by atoms with Crippen molar-refractivity contribution < 1.29 is 9.53 Å². The molecule has 1 N–H and O–H groups in total. The summed E-state index contributed by atoms with van der Waals surface area (Å²) in [5.41, 5.74) is 2.12. The number of hydrogen-bond donors (Lipinski definition) is 1. The zero-order valence-electron chi connectivity index (χ0n) is 17.4. The molecule has 1 amide bonds. The number of likely N-dealkylation sites (N-methyl/N-ethyl adjacent to an activating group) is 1. The van der Waals surface area contributed by atoms with Gasteiger partial charge in [0, 0.05) is 31.7 Å². The minimum absolute atomic E-state index is 0.0820. The van der Waals surface area contributed by atoms with Gasteiger partial charge in [-0.15, -0.1) is 0 Å². The van der Waals surface area contributed by atoms with Crippen molar-refractivity contribution in [3.63, 3.8) is 0 Å². The molecule has 0 bridgehead atoms. The Labute approximate surface area is 158 Å². The molecule has 5 nitrogen and oxygen atoms in total. The molecule has 1 aromatic carbocycles. The van der Waals surface area contributed by atoms with Crippen LogP contribution in [0.4, 0.5) is 4.79 Å². The first kappa shape index (κ1) is 20.7. The van der Waals surface area contributed by atoms with E-state index in [1.807, 2.05) is 27.7 Å². The zero-order valence-corrected chi connectivity index (χ0v) is 17.4. The largest absolute Gasteiger partial charge is 0.444 e. The summed E-state index contributed by atoms with van der Waals surface area (Å²) in [6.07, 6.45) is -0.381. The van der Waals surface area contributed by atoms with Crippen molar-refractivity contribution in [3.05, 3.63) is 35.4 Å². The number of ether oxygens (including phenoxy) is 1. The highest BCUT2D eigenvalue weighted by molar-refractivity contribution is 5.68. The van der Waals surface area contributed by atoms with Crippen LogP contribution in [-0.2, 0) is 11.3 Å². The highest BCUT2D eigenvalue weighted by Crippen LogP contribution is 2.21. The molecule has 0 aromatic heterocycles. The minimum Gasteiger partial charge on any atom is -0.444 e. The number of piperazine rings is 1. The third-order valence-electron chi connectivity index (χ3n) is 5.01. The summed E-state index contributed by atoms with van der Waals surface area (Å²) in [6, 6.07) is 8.43. The molecule has 1 saturated heterocycles. The lowest BCUT2D eigenvalue weighted by molar-refractivity contribution is 0.0360. The molecule has 5 heteroatoms. The van der Waals surface area contributed by atoms with Gasteiger partial charge >= 0.3 is 6.09 Å². The summed E-state index contributed by atoms with van der Waals surface area (Å²) in [6.45, 7) is 16.4. The van der Waals surface area contributed by atoms with E-state index in [-0.39, 0.29) is 17.7 Å². The van der Waals surface area contributed by atoms with Crippen LogP contribution >= 0.6 is 0 Å². The van der Waals surface area contributed by atoms with Crippen LogP contribution in [0.1, 0.15) is 58.7 Å². The van der Waals surface area contributed by atoms with Crippen LogP contribution in [0, 0.1) is 0 Å². The fraction of sp³-hybridized carbons (Fsp3) is 0.667. The second kappa shape index (κ2) is 7.97. The monoisotopic (exact) mass is 361 g/mol. The SMILES string of the molecule is C[C@H](NC(=O)OC(C)(C)C)c1ccc(CN2CCN(C)C(C)(C)C2)cc1. The number of carbonyl (C=O) groups is 1. The summed E-state index contributed by atoms with van der Waals surface area (Å²) in [4.78, 5) is 16.9. The van der Waals surface area contributed by atoms with E-state index in [2.05, 4.69) is 60.3 Å². The first-order valence-electron chi connectivity index (χ1n) is 9.48. The maximum Gasteiger partial charge on any atom is 0.408 e. The van der Waals surface area contributed by atoms with E-state index in [9.17, 15) is 4.79 Å². The van der Waals surface area contributed by atoms with Crippen LogP contribution in [0.3, 0.4) is 0 Å². The van der Waals surface area contributed by atoms with Crippen LogP contribution in [0.5, 0.6) is 0 Å². The van der Waals surface area contributed by atoms with Crippen molar-refractivity contribution in [2.75, 3.05) is 26.7 Å². The number of nitrogens with one attached hydrogen (secondary N) is 1. The number of benzene rings is 1. The third kappa shape index (κ3) is 5.99. The molecule has 146 valence electrons. The second-order valence-corrected chi connectivity index (χ2v) is 9.05. The lowest BCUT2D eigenvalue weighted by atomic mass is 9.99. The molecule has 2 rings (SSSR count). The van der Waals surface area contributed by atoms with Gasteiger partial charge in [0.15, 0.2) is 0 Å². The van der Waals surface area contributed by atoms with Crippen molar-refractivity contribution in [3.8, 4) is 0 Å². The van der Waals surface area contributed by atoms with Crippen molar-refractivity contribution in [2.24, 2.45) is 0 Å². The molecule has 0 unspecified atom stereocenters. The Morgan fingerprint density at radius 2 is 1.85 bits per heavy atom. The van der Waals surface area contributed by atoms with Gasteiger partial charge in [-0.05, 0) is 59.7 Å². The van der Waals surface area contributed by atoms with Crippen molar-refractivity contribution in [2.45, 2.75) is 65.3 Å². The number of rotatable bonds is 4. The number of nitrogens with zero attached hydrogens (tertiary/aromatic N) is 2. The molecule has 1 atom stereocenters. The van der Waals surface area contributed by atoms with E-state index in [1.54, 1.807) is 0 Å². The Morgan fingerprint density at radius 3 is 2.38 bits per heavy atom. The van der Waals surface area contributed by atoms with Gasteiger partial charge in [0.25, 0.3) is 0 Å². The lowest BCUT2D eigenvalue weighted by Crippen LogP contribution is -2.57. The fourth-order valence-electron chi connectivity index (χ4n) is 3.21. The van der Waals surface area contributed by atoms with Crippen LogP contribution in [0.25, 0.3) is 0 Å². The molecular weight excluding hydrogens is 326 g/mol. The van der Waals surface area contributed by atoms with Crippen LogP contribution < -0.4 is 5.32 Å². The predicted molar refractivity (Wildman–Crippen MR) is 106 cm³/mol. The average molecular weight is 362 g/mol. The van der Waals surface area contributed by atoms with Gasteiger partial charge in [-0.1, -0.05) is 24.3 Å². The van der Waals surface area contributed by atoms with Gasteiger partial charge in [0.05, 0.1) is 6.04 Å². The minimum atomic E-state index is -0.482. The Balaban J connectivity index is 1.90. The van der Waals surface area contributed by atoms with Crippen molar-refractivity contribution in [1.82, 2.24) is 15.1 Å². The number of amides is 1. The average Bonchev–Trinajstić information content (AvgIpc) is 2.49. The number of alkyl carbamates (subject to hydrolysis) is 1.